The first kappa shape index (κ1) is 16.7. The smallest absolute Gasteiger partial charge is 0.159 e. The summed E-state index contributed by atoms with van der Waals surface area (Å²) >= 11 is 1.65. The fraction of sp³-hybridized carbons (Fsp3) is 0.400. The van der Waals surface area contributed by atoms with Gasteiger partial charge in [-0.2, -0.15) is 0 Å². The summed E-state index contributed by atoms with van der Waals surface area (Å²) < 4.78 is 0. The zero-order valence-electron chi connectivity index (χ0n) is 11.8. The van der Waals surface area contributed by atoms with Gasteiger partial charge in [-0.25, -0.2) is 0 Å². The van der Waals surface area contributed by atoms with E-state index in [2.05, 4.69) is 10.7 Å². The molecule has 0 aromatic heterocycles. The molecule has 0 N–H and O–H groups in total. The molecule has 18 heavy (non-hydrogen) atoms. The zero-order chi connectivity index (χ0) is 14.0. The van der Waals surface area contributed by atoms with E-state index in [1.54, 1.807) is 24.0 Å². The molecular formula is C15H21NOS. The van der Waals surface area contributed by atoms with Gasteiger partial charge in [0.2, 0.25) is 0 Å². The first-order valence-electron chi connectivity index (χ1n) is 5.93. The van der Waals surface area contributed by atoms with E-state index >= 15 is 0 Å². The maximum absolute atomic E-state index is 11.1. The summed E-state index contributed by atoms with van der Waals surface area (Å²) in [4.78, 5) is 16.7. The highest BCUT2D eigenvalue weighted by Gasteiger charge is 2.10. The van der Waals surface area contributed by atoms with Gasteiger partial charge in [0.15, 0.2) is 6.29 Å². The van der Waals surface area contributed by atoms with Gasteiger partial charge >= 0.3 is 0 Å². The zero-order valence-corrected chi connectivity index (χ0v) is 12.6. The lowest BCUT2D eigenvalue weighted by atomic mass is 10.1. The number of allylic oxidation sites excluding steroid dienone is 4. The molecule has 0 saturated carbocycles. The Hall–Kier alpha value is -1.31. The van der Waals surface area contributed by atoms with Crippen LogP contribution in [0.2, 0.25) is 0 Å². The van der Waals surface area contributed by atoms with Crippen molar-refractivity contribution in [3.05, 3.63) is 40.1 Å². The largest absolute Gasteiger partial charge is 0.297 e. The van der Waals surface area contributed by atoms with Crippen LogP contribution in [-0.4, -0.2) is 18.3 Å². The molecule has 3 heteroatoms. The third kappa shape index (κ3) is 5.35. The molecule has 0 aromatic rings. The fourth-order valence-electron chi connectivity index (χ4n) is 1.23. The van der Waals surface area contributed by atoms with Crippen molar-refractivity contribution < 1.29 is 4.79 Å². The Morgan fingerprint density at radius 3 is 2.50 bits per heavy atom. The van der Waals surface area contributed by atoms with Crippen molar-refractivity contribution in [2.75, 3.05) is 6.26 Å². The molecule has 0 heterocycles. The molecule has 0 radical (unpaired) electrons. The summed E-state index contributed by atoms with van der Waals surface area (Å²) in [5.74, 6) is 0. The topological polar surface area (TPSA) is 29.4 Å². The highest BCUT2D eigenvalue weighted by atomic mass is 32.2. The lowest BCUT2D eigenvalue weighted by Gasteiger charge is -2.07. The summed E-state index contributed by atoms with van der Waals surface area (Å²) in [7, 11) is 0. The third-order valence-electron chi connectivity index (χ3n) is 2.41. The second-order valence-corrected chi connectivity index (χ2v) is 4.64. The van der Waals surface area contributed by atoms with Crippen molar-refractivity contribution in [1.82, 2.24) is 0 Å². The van der Waals surface area contributed by atoms with Crippen LogP contribution in [0.4, 0.5) is 0 Å². The second kappa shape index (κ2) is 9.69. The quantitative estimate of drug-likeness (QED) is 0.309. The van der Waals surface area contributed by atoms with Gasteiger partial charge in [-0.1, -0.05) is 13.0 Å². The van der Waals surface area contributed by atoms with Crippen molar-refractivity contribution >= 4 is 23.8 Å². The lowest BCUT2D eigenvalue weighted by molar-refractivity contribution is -0.104. The number of aliphatic imine (C=N–C) groups is 1. The summed E-state index contributed by atoms with van der Waals surface area (Å²) in [6, 6.07) is 0. The van der Waals surface area contributed by atoms with Crippen LogP contribution in [0.1, 0.15) is 34.1 Å². The van der Waals surface area contributed by atoms with Crippen molar-refractivity contribution in [1.29, 1.82) is 0 Å². The average Bonchev–Trinajstić information content (AvgIpc) is 2.40. The van der Waals surface area contributed by atoms with Gasteiger partial charge in [0, 0.05) is 6.20 Å². The second-order valence-electron chi connectivity index (χ2n) is 3.62. The number of nitrogens with zero attached hydrogens (tertiary/aromatic N) is 1. The van der Waals surface area contributed by atoms with E-state index in [0.29, 0.717) is 11.3 Å². The maximum Gasteiger partial charge on any atom is 0.159 e. The molecule has 2 nitrogen and oxygen atoms in total. The van der Waals surface area contributed by atoms with Crippen molar-refractivity contribution in [3.63, 3.8) is 0 Å². The van der Waals surface area contributed by atoms with Crippen molar-refractivity contribution in [3.8, 4) is 0 Å². The summed E-state index contributed by atoms with van der Waals surface area (Å²) in [5.41, 5.74) is 5.13. The van der Waals surface area contributed by atoms with Crippen LogP contribution in [-0.2, 0) is 4.79 Å². The predicted molar refractivity (Wildman–Crippen MR) is 82.1 cm³/mol. The Morgan fingerprint density at radius 1 is 1.39 bits per heavy atom. The Kier molecular flexibility index (Phi) is 8.99. The van der Waals surface area contributed by atoms with E-state index in [1.807, 2.05) is 40.0 Å². The molecule has 0 unspecified atom stereocenters. The molecule has 0 atom stereocenters. The van der Waals surface area contributed by atoms with E-state index in [0.717, 1.165) is 23.2 Å². The van der Waals surface area contributed by atoms with Gasteiger partial charge in [0.25, 0.3) is 0 Å². The minimum absolute atomic E-state index is 0.490. The first-order valence-corrected chi connectivity index (χ1v) is 7.16. The van der Waals surface area contributed by atoms with Gasteiger partial charge in [-0.15, -0.1) is 17.5 Å². The Bertz CT molecular complexity index is 435. The minimum atomic E-state index is 0.490. The highest BCUT2D eigenvalue weighted by Crippen LogP contribution is 2.19. The van der Waals surface area contributed by atoms with Crippen molar-refractivity contribution in [2.24, 2.45) is 4.99 Å². The lowest BCUT2D eigenvalue weighted by Crippen LogP contribution is -2.06. The fourth-order valence-corrected chi connectivity index (χ4v) is 1.64. The Morgan fingerprint density at radius 2 is 2.06 bits per heavy atom. The Balaban J connectivity index is 5.74. The van der Waals surface area contributed by atoms with Crippen LogP contribution >= 0.6 is 11.8 Å². The van der Waals surface area contributed by atoms with Crippen LogP contribution in [0, 0.1) is 0 Å². The predicted octanol–water partition coefficient (Wildman–Crippen LogP) is 4.31. The molecule has 0 fully saturated rings. The van der Waals surface area contributed by atoms with Gasteiger partial charge in [-0.3, -0.25) is 9.79 Å². The summed E-state index contributed by atoms with van der Waals surface area (Å²) in [6.45, 7) is 7.88. The molecule has 0 aliphatic rings. The number of rotatable bonds is 6. The number of aldehydes is 1. The highest BCUT2D eigenvalue weighted by molar-refractivity contribution is 8.02. The first-order chi connectivity index (χ1) is 8.62. The van der Waals surface area contributed by atoms with Crippen LogP contribution < -0.4 is 0 Å². The SMILES string of the molecule is CC=C=C(C=O)C(=N/C=C/CC)/C(C)=C(\C)SC. The number of hydrogen-bond acceptors (Lipinski definition) is 3. The molecule has 0 aromatic carbocycles. The summed E-state index contributed by atoms with van der Waals surface area (Å²) in [6.07, 6.45) is 9.16. The number of carbonyl (C=O) groups is 1. The van der Waals surface area contributed by atoms with E-state index in [9.17, 15) is 4.79 Å². The van der Waals surface area contributed by atoms with Crippen molar-refractivity contribution in [2.45, 2.75) is 34.1 Å². The molecule has 0 saturated heterocycles. The Labute approximate surface area is 114 Å². The number of hydrogen-bond donors (Lipinski definition) is 0. The third-order valence-corrected chi connectivity index (χ3v) is 3.33. The maximum atomic E-state index is 11.1. The molecule has 98 valence electrons. The van der Waals surface area contributed by atoms with E-state index in [4.69, 9.17) is 0 Å². The van der Waals surface area contributed by atoms with Crippen LogP contribution in [0.5, 0.6) is 0 Å². The van der Waals surface area contributed by atoms with E-state index < -0.39 is 0 Å². The normalized spacial score (nSPS) is 13.1. The van der Waals surface area contributed by atoms with Crippen LogP contribution in [0.3, 0.4) is 0 Å². The van der Waals surface area contributed by atoms with Gasteiger partial charge < -0.3 is 0 Å². The van der Waals surface area contributed by atoms with E-state index in [-0.39, 0.29) is 0 Å². The minimum Gasteiger partial charge on any atom is -0.297 e. The van der Waals surface area contributed by atoms with Crippen LogP contribution in [0.25, 0.3) is 0 Å². The van der Waals surface area contributed by atoms with Gasteiger partial charge in [0.1, 0.15) is 0 Å². The number of thioether (sulfide) groups is 1. The molecular weight excluding hydrogens is 242 g/mol. The molecule has 0 spiro atoms. The summed E-state index contributed by atoms with van der Waals surface area (Å²) in [5, 5.41) is 0. The molecule has 0 bridgehead atoms. The average molecular weight is 263 g/mol. The van der Waals surface area contributed by atoms with Crippen LogP contribution in [0.15, 0.2) is 45.1 Å². The standard InChI is InChI=1S/C15H21NOS/c1-6-8-10-16-15(12(3)13(4)18-5)14(11-17)9-7-2/h7-8,10-11H,6H2,1-5H3/b10-8+,13-12+,16-15+. The molecule has 0 amide bonds. The van der Waals surface area contributed by atoms with Gasteiger partial charge in [-0.05, 0) is 50.0 Å². The monoisotopic (exact) mass is 263 g/mol. The molecule has 0 rings (SSSR count). The molecule has 0 aliphatic carbocycles. The van der Waals surface area contributed by atoms with Gasteiger partial charge in [0.05, 0.1) is 11.3 Å². The van der Waals surface area contributed by atoms with E-state index in [1.165, 1.54) is 0 Å². The molecule has 0 aliphatic heterocycles. The number of carbonyl (C=O) groups excluding carboxylic acids is 1.